The van der Waals surface area contributed by atoms with Gasteiger partial charge < -0.3 is 10.4 Å². The van der Waals surface area contributed by atoms with Crippen LogP contribution in [0, 0.1) is 0 Å². The first-order chi connectivity index (χ1) is 7.63. The van der Waals surface area contributed by atoms with E-state index in [-0.39, 0.29) is 6.54 Å². The van der Waals surface area contributed by atoms with E-state index >= 15 is 0 Å². The van der Waals surface area contributed by atoms with Crippen LogP contribution < -0.4 is 5.32 Å². The Bertz CT molecular complexity index is 305. The third-order valence-corrected chi connectivity index (χ3v) is 2.88. The SMILES string of the molecule is CSc1ccc(CNCC(O)C(F)F)cc1. The highest BCUT2D eigenvalue weighted by Crippen LogP contribution is 2.14. The average Bonchev–Trinajstić information content (AvgIpc) is 2.29. The Hall–Kier alpha value is -0.650. The molecule has 90 valence electrons. The summed E-state index contributed by atoms with van der Waals surface area (Å²) in [6, 6.07) is 7.83. The van der Waals surface area contributed by atoms with Crippen molar-refractivity contribution in [2.24, 2.45) is 0 Å². The first kappa shape index (κ1) is 13.4. The van der Waals surface area contributed by atoms with Gasteiger partial charge in [0.15, 0.2) is 0 Å². The summed E-state index contributed by atoms with van der Waals surface area (Å²) >= 11 is 1.65. The average molecular weight is 247 g/mol. The number of halogens is 2. The molecular formula is C11H15F2NOS. The first-order valence-electron chi connectivity index (χ1n) is 4.93. The fourth-order valence-electron chi connectivity index (χ4n) is 1.20. The summed E-state index contributed by atoms with van der Waals surface area (Å²) in [6.07, 6.45) is -2.29. The van der Waals surface area contributed by atoms with Gasteiger partial charge in [-0.15, -0.1) is 11.8 Å². The summed E-state index contributed by atoms with van der Waals surface area (Å²) < 4.78 is 23.9. The monoisotopic (exact) mass is 247 g/mol. The van der Waals surface area contributed by atoms with Gasteiger partial charge in [-0.05, 0) is 24.0 Å². The van der Waals surface area contributed by atoms with Crippen molar-refractivity contribution in [1.82, 2.24) is 5.32 Å². The molecule has 1 rings (SSSR count). The van der Waals surface area contributed by atoms with Crippen LogP contribution in [0.3, 0.4) is 0 Å². The van der Waals surface area contributed by atoms with Gasteiger partial charge in [0.25, 0.3) is 6.43 Å². The number of hydrogen-bond donors (Lipinski definition) is 2. The van der Waals surface area contributed by atoms with Gasteiger partial charge in [0.05, 0.1) is 0 Å². The van der Waals surface area contributed by atoms with Gasteiger partial charge in [-0.3, -0.25) is 0 Å². The molecule has 0 saturated carbocycles. The van der Waals surface area contributed by atoms with Crippen LogP contribution in [0.5, 0.6) is 0 Å². The highest BCUT2D eigenvalue weighted by molar-refractivity contribution is 7.98. The lowest BCUT2D eigenvalue weighted by molar-refractivity contribution is -0.00340. The second-order valence-corrected chi connectivity index (χ2v) is 4.26. The van der Waals surface area contributed by atoms with Gasteiger partial charge in [0, 0.05) is 18.0 Å². The summed E-state index contributed by atoms with van der Waals surface area (Å²) in [4.78, 5) is 1.16. The summed E-state index contributed by atoms with van der Waals surface area (Å²) in [6.45, 7) is 0.389. The Labute approximate surface area is 98.1 Å². The quantitative estimate of drug-likeness (QED) is 0.755. The normalized spacial score (nSPS) is 13.1. The van der Waals surface area contributed by atoms with Crippen LogP contribution >= 0.6 is 11.8 Å². The van der Waals surface area contributed by atoms with E-state index in [1.165, 1.54) is 0 Å². The topological polar surface area (TPSA) is 32.3 Å². The number of nitrogens with one attached hydrogen (secondary N) is 1. The lowest BCUT2D eigenvalue weighted by atomic mass is 10.2. The van der Waals surface area contributed by atoms with E-state index in [9.17, 15) is 8.78 Å². The van der Waals surface area contributed by atoms with Gasteiger partial charge in [0.1, 0.15) is 6.10 Å². The van der Waals surface area contributed by atoms with Gasteiger partial charge in [-0.25, -0.2) is 8.78 Å². The fraction of sp³-hybridized carbons (Fsp3) is 0.455. The van der Waals surface area contributed by atoms with Gasteiger partial charge in [0.2, 0.25) is 0 Å². The molecule has 1 atom stereocenters. The Kier molecular flexibility index (Phi) is 5.73. The number of hydrogen-bond acceptors (Lipinski definition) is 3. The minimum absolute atomic E-state index is 0.0953. The van der Waals surface area contributed by atoms with Crippen molar-refractivity contribution in [3.63, 3.8) is 0 Å². The molecule has 1 aromatic carbocycles. The third kappa shape index (κ3) is 4.47. The third-order valence-electron chi connectivity index (χ3n) is 2.13. The van der Waals surface area contributed by atoms with Crippen LogP contribution in [0.25, 0.3) is 0 Å². The van der Waals surface area contributed by atoms with Gasteiger partial charge in [-0.2, -0.15) is 0 Å². The van der Waals surface area contributed by atoms with Crippen LogP contribution in [-0.2, 0) is 6.54 Å². The molecule has 0 spiro atoms. The predicted octanol–water partition coefficient (Wildman–Crippen LogP) is 2.12. The maximum absolute atomic E-state index is 12.0. The lowest BCUT2D eigenvalue weighted by Gasteiger charge is -2.10. The minimum atomic E-state index is -2.69. The molecule has 1 aromatic rings. The molecule has 0 heterocycles. The number of aliphatic hydroxyl groups excluding tert-OH is 1. The van der Waals surface area contributed by atoms with Gasteiger partial charge in [-0.1, -0.05) is 12.1 Å². The molecule has 0 amide bonds. The molecule has 1 unspecified atom stereocenters. The maximum Gasteiger partial charge on any atom is 0.265 e. The van der Waals surface area contributed by atoms with E-state index in [2.05, 4.69) is 5.32 Å². The molecule has 0 fully saturated rings. The Morgan fingerprint density at radius 2 is 1.94 bits per heavy atom. The predicted molar refractivity (Wildman–Crippen MR) is 61.9 cm³/mol. The van der Waals surface area contributed by atoms with Crippen molar-refractivity contribution in [1.29, 1.82) is 0 Å². The number of alkyl halides is 2. The zero-order valence-corrected chi connectivity index (χ0v) is 9.81. The largest absolute Gasteiger partial charge is 0.386 e. The summed E-state index contributed by atoms with van der Waals surface area (Å²) in [5, 5.41) is 11.7. The molecule has 2 nitrogen and oxygen atoms in total. The Balaban J connectivity index is 2.31. The van der Waals surface area contributed by atoms with Crippen molar-refractivity contribution in [3.05, 3.63) is 29.8 Å². The molecule has 0 aromatic heterocycles. The smallest absolute Gasteiger partial charge is 0.265 e. The zero-order chi connectivity index (χ0) is 12.0. The summed E-state index contributed by atoms with van der Waals surface area (Å²) in [5.74, 6) is 0. The Morgan fingerprint density at radius 1 is 1.31 bits per heavy atom. The van der Waals surface area contributed by atoms with Crippen LogP contribution in [-0.4, -0.2) is 30.4 Å². The molecule has 0 aliphatic heterocycles. The number of benzene rings is 1. The van der Waals surface area contributed by atoms with Crippen molar-refractivity contribution in [2.45, 2.75) is 24.0 Å². The highest BCUT2D eigenvalue weighted by atomic mass is 32.2. The molecule has 5 heteroatoms. The number of aliphatic hydroxyl groups is 1. The Morgan fingerprint density at radius 3 is 2.44 bits per heavy atom. The van der Waals surface area contributed by atoms with E-state index in [4.69, 9.17) is 5.11 Å². The first-order valence-corrected chi connectivity index (χ1v) is 6.16. The van der Waals surface area contributed by atoms with Gasteiger partial charge >= 0.3 is 0 Å². The van der Waals surface area contributed by atoms with E-state index in [1.54, 1.807) is 11.8 Å². The number of thioether (sulfide) groups is 1. The molecule has 0 aliphatic carbocycles. The summed E-state index contributed by atoms with van der Waals surface area (Å²) in [7, 11) is 0. The van der Waals surface area contributed by atoms with Crippen molar-refractivity contribution < 1.29 is 13.9 Å². The summed E-state index contributed by atoms with van der Waals surface area (Å²) in [5.41, 5.74) is 1.01. The van der Waals surface area contributed by atoms with E-state index in [0.29, 0.717) is 6.54 Å². The van der Waals surface area contributed by atoms with Crippen molar-refractivity contribution in [3.8, 4) is 0 Å². The van der Waals surface area contributed by atoms with E-state index in [0.717, 1.165) is 10.5 Å². The van der Waals surface area contributed by atoms with E-state index < -0.39 is 12.5 Å². The van der Waals surface area contributed by atoms with Crippen LogP contribution in [0.15, 0.2) is 29.2 Å². The molecule has 0 bridgehead atoms. The molecule has 0 aliphatic rings. The molecule has 0 saturated heterocycles. The number of rotatable bonds is 6. The standard InChI is InChI=1S/C11H15F2NOS/c1-16-9-4-2-8(3-5-9)6-14-7-10(15)11(12)13/h2-5,10-11,14-15H,6-7H2,1H3. The second-order valence-electron chi connectivity index (χ2n) is 3.38. The van der Waals surface area contributed by atoms with Crippen molar-refractivity contribution in [2.75, 3.05) is 12.8 Å². The fourth-order valence-corrected chi connectivity index (χ4v) is 1.61. The molecule has 2 N–H and O–H groups in total. The van der Waals surface area contributed by atoms with Crippen molar-refractivity contribution >= 4 is 11.8 Å². The van der Waals surface area contributed by atoms with Crippen LogP contribution in [0.4, 0.5) is 8.78 Å². The van der Waals surface area contributed by atoms with Crippen LogP contribution in [0.1, 0.15) is 5.56 Å². The minimum Gasteiger partial charge on any atom is -0.386 e. The molecule has 0 radical (unpaired) electrons. The zero-order valence-electron chi connectivity index (χ0n) is 8.99. The van der Waals surface area contributed by atoms with Crippen LogP contribution in [0.2, 0.25) is 0 Å². The molecular weight excluding hydrogens is 232 g/mol. The lowest BCUT2D eigenvalue weighted by Crippen LogP contribution is -2.31. The van der Waals surface area contributed by atoms with E-state index in [1.807, 2.05) is 30.5 Å². The second kappa shape index (κ2) is 6.83. The maximum atomic E-state index is 12.0. The highest BCUT2D eigenvalue weighted by Gasteiger charge is 2.15. The molecule has 16 heavy (non-hydrogen) atoms.